The number of nitrogens with one attached hydrogen (secondary N) is 3. The summed E-state index contributed by atoms with van der Waals surface area (Å²) in [6, 6.07) is 7.76. The number of piperazine rings is 1. The summed E-state index contributed by atoms with van der Waals surface area (Å²) in [5, 5.41) is 2.81. The molecule has 1 fully saturated rings. The third kappa shape index (κ3) is 6.22. The normalized spacial score (nSPS) is 18.7. The summed E-state index contributed by atoms with van der Waals surface area (Å²) in [5.74, 6) is -0.233. The Balaban J connectivity index is 1.46. The number of aromatic nitrogens is 1. The van der Waals surface area contributed by atoms with E-state index in [0.29, 0.717) is 25.4 Å². The molecule has 2 aromatic rings. The molecule has 7 nitrogen and oxygen atoms in total. The van der Waals surface area contributed by atoms with Crippen molar-refractivity contribution in [1.82, 2.24) is 4.57 Å². The molecular formula is C23H33FN4O3+2. The van der Waals surface area contributed by atoms with Crippen LogP contribution in [0, 0.1) is 19.7 Å². The Morgan fingerprint density at radius 3 is 2.29 bits per heavy atom. The number of hydrogen-bond donors (Lipinski definition) is 3. The smallest absolute Gasteiger partial charge is 0.279 e. The van der Waals surface area contributed by atoms with Crippen molar-refractivity contribution in [2.24, 2.45) is 0 Å². The minimum atomic E-state index is -0.325. The van der Waals surface area contributed by atoms with Crippen LogP contribution in [0.4, 0.5) is 10.1 Å². The van der Waals surface area contributed by atoms with Gasteiger partial charge in [-0.15, -0.1) is 0 Å². The average Bonchev–Trinajstić information content (AvgIpc) is 3.03. The van der Waals surface area contributed by atoms with Crippen molar-refractivity contribution in [2.45, 2.75) is 20.4 Å². The van der Waals surface area contributed by atoms with E-state index in [1.165, 1.54) is 21.9 Å². The van der Waals surface area contributed by atoms with Crippen LogP contribution in [0.1, 0.15) is 21.7 Å². The van der Waals surface area contributed by atoms with Gasteiger partial charge in [0.2, 0.25) is 5.78 Å². The number of benzene rings is 1. The number of nitrogens with zero attached hydrogens (tertiary/aromatic N) is 1. The lowest BCUT2D eigenvalue weighted by Crippen LogP contribution is -3.28. The second-order valence-corrected chi connectivity index (χ2v) is 8.26. The molecule has 3 rings (SSSR count). The Bertz CT molecular complexity index is 902. The van der Waals surface area contributed by atoms with Crippen LogP contribution in [0.2, 0.25) is 0 Å². The zero-order valence-corrected chi connectivity index (χ0v) is 18.6. The predicted molar refractivity (Wildman–Crippen MR) is 116 cm³/mol. The molecule has 0 atom stereocenters. The van der Waals surface area contributed by atoms with Crippen LogP contribution in [0.15, 0.2) is 30.3 Å². The number of carbonyl (C=O) groups is 2. The molecule has 0 spiro atoms. The number of quaternary nitrogens is 2. The lowest BCUT2D eigenvalue weighted by molar-refractivity contribution is -1.00. The molecular weight excluding hydrogens is 399 g/mol. The first kappa shape index (κ1) is 23.1. The van der Waals surface area contributed by atoms with E-state index in [9.17, 15) is 14.0 Å². The Kier molecular flexibility index (Phi) is 7.95. The van der Waals surface area contributed by atoms with Gasteiger partial charge in [0, 0.05) is 36.3 Å². The molecule has 31 heavy (non-hydrogen) atoms. The fraction of sp³-hybridized carbons (Fsp3) is 0.478. The molecule has 0 saturated carbocycles. The summed E-state index contributed by atoms with van der Waals surface area (Å²) in [7, 11) is 1.68. The van der Waals surface area contributed by atoms with E-state index >= 15 is 0 Å². The van der Waals surface area contributed by atoms with Crippen molar-refractivity contribution in [3.8, 4) is 0 Å². The molecule has 1 aromatic heterocycles. The van der Waals surface area contributed by atoms with Crippen molar-refractivity contribution >= 4 is 17.4 Å². The fourth-order valence-electron chi connectivity index (χ4n) is 4.21. The Morgan fingerprint density at radius 2 is 1.68 bits per heavy atom. The van der Waals surface area contributed by atoms with Crippen LogP contribution in [0.25, 0.3) is 0 Å². The first-order valence-electron chi connectivity index (χ1n) is 10.8. The summed E-state index contributed by atoms with van der Waals surface area (Å²) in [5.41, 5.74) is 3.48. The zero-order chi connectivity index (χ0) is 22.4. The maximum Gasteiger partial charge on any atom is 0.279 e. The second kappa shape index (κ2) is 10.7. The SMILES string of the molecule is COCCn1c(C)cc(C(=O)C[NH+]2CC[NH+](CC(=O)Nc3ccc(F)cc3)CC2)c1C. The number of Topliss-reactive ketones (excluding diaryl/α,β-unsaturated/α-hetero) is 1. The van der Waals surface area contributed by atoms with E-state index in [4.69, 9.17) is 4.74 Å². The molecule has 1 aliphatic rings. The van der Waals surface area contributed by atoms with Gasteiger partial charge in [-0.05, 0) is 44.2 Å². The number of ketones is 1. The van der Waals surface area contributed by atoms with Crippen LogP contribution in [0.5, 0.6) is 0 Å². The molecule has 2 heterocycles. The molecule has 0 bridgehead atoms. The Morgan fingerprint density at radius 1 is 1.06 bits per heavy atom. The molecule has 1 saturated heterocycles. The van der Waals surface area contributed by atoms with E-state index in [2.05, 4.69) is 9.88 Å². The summed E-state index contributed by atoms with van der Waals surface area (Å²) in [6.07, 6.45) is 0. The van der Waals surface area contributed by atoms with Crippen LogP contribution >= 0.6 is 0 Å². The predicted octanol–water partition coefficient (Wildman–Crippen LogP) is -0.505. The van der Waals surface area contributed by atoms with Crippen molar-refractivity contribution in [2.75, 3.05) is 58.3 Å². The number of hydrogen-bond acceptors (Lipinski definition) is 3. The van der Waals surface area contributed by atoms with Gasteiger partial charge in [-0.1, -0.05) is 0 Å². The average molecular weight is 433 g/mol. The number of amides is 1. The molecule has 3 N–H and O–H groups in total. The third-order valence-corrected chi connectivity index (χ3v) is 6.01. The van der Waals surface area contributed by atoms with E-state index in [-0.39, 0.29) is 17.5 Å². The van der Waals surface area contributed by atoms with Gasteiger partial charge in [0.25, 0.3) is 5.91 Å². The van der Waals surface area contributed by atoms with Gasteiger partial charge in [0.1, 0.15) is 38.5 Å². The summed E-state index contributed by atoms with van der Waals surface area (Å²) >= 11 is 0. The maximum atomic E-state index is 13.0. The number of halogens is 1. The summed E-state index contributed by atoms with van der Waals surface area (Å²) in [6.45, 7) is 9.62. The van der Waals surface area contributed by atoms with Gasteiger partial charge in [-0.3, -0.25) is 9.59 Å². The molecule has 0 unspecified atom stereocenters. The number of methoxy groups -OCH3 is 1. The third-order valence-electron chi connectivity index (χ3n) is 6.01. The van der Waals surface area contributed by atoms with Crippen LogP contribution in [-0.2, 0) is 16.1 Å². The number of ether oxygens (including phenoxy) is 1. The number of carbonyl (C=O) groups excluding carboxylic acids is 2. The molecule has 1 amide bonds. The molecule has 0 aliphatic carbocycles. The molecule has 8 heteroatoms. The molecule has 168 valence electrons. The van der Waals surface area contributed by atoms with Crippen molar-refractivity contribution in [3.63, 3.8) is 0 Å². The highest BCUT2D eigenvalue weighted by Gasteiger charge is 2.27. The molecule has 1 aliphatic heterocycles. The van der Waals surface area contributed by atoms with Gasteiger partial charge >= 0.3 is 0 Å². The van der Waals surface area contributed by atoms with Gasteiger partial charge in [-0.2, -0.15) is 0 Å². The zero-order valence-electron chi connectivity index (χ0n) is 18.6. The number of rotatable bonds is 9. The Labute approximate surface area is 182 Å². The fourth-order valence-corrected chi connectivity index (χ4v) is 4.21. The van der Waals surface area contributed by atoms with Crippen LogP contribution < -0.4 is 15.1 Å². The number of aryl methyl sites for hydroxylation is 1. The van der Waals surface area contributed by atoms with E-state index in [0.717, 1.165) is 49.7 Å². The van der Waals surface area contributed by atoms with Crippen molar-refractivity contribution in [3.05, 3.63) is 53.1 Å². The first-order valence-corrected chi connectivity index (χ1v) is 10.8. The van der Waals surface area contributed by atoms with Gasteiger partial charge in [0.15, 0.2) is 6.54 Å². The summed E-state index contributed by atoms with van der Waals surface area (Å²) < 4.78 is 20.3. The highest BCUT2D eigenvalue weighted by Crippen LogP contribution is 2.15. The Hall–Kier alpha value is -2.55. The summed E-state index contributed by atoms with van der Waals surface area (Å²) in [4.78, 5) is 27.6. The molecule has 1 aromatic carbocycles. The number of anilines is 1. The van der Waals surface area contributed by atoms with Crippen molar-refractivity contribution in [1.29, 1.82) is 0 Å². The van der Waals surface area contributed by atoms with E-state index in [1.54, 1.807) is 19.2 Å². The van der Waals surface area contributed by atoms with Gasteiger partial charge in [-0.25, -0.2) is 4.39 Å². The minimum absolute atomic E-state index is 0.0790. The maximum absolute atomic E-state index is 13.0. The van der Waals surface area contributed by atoms with Crippen LogP contribution in [-0.4, -0.2) is 69.2 Å². The first-order chi connectivity index (χ1) is 14.9. The van der Waals surface area contributed by atoms with E-state index < -0.39 is 0 Å². The standard InChI is InChI=1S/C23H31FN4O3/c1-17-14-21(18(2)28(17)12-13-31-3)22(29)15-26-8-10-27(11-9-26)16-23(30)25-20-6-4-19(24)5-7-20/h4-7,14H,8-13,15-16H2,1-3H3,(H,25,30)/p+2. The quantitative estimate of drug-likeness (QED) is 0.468. The van der Waals surface area contributed by atoms with Gasteiger partial charge < -0.3 is 24.4 Å². The monoisotopic (exact) mass is 432 g/mol. The van der Waals surface area contributed by atoms with Crippen LogP contribution in [0.3, 0.4) is 0 Å². The lowest BCUT2D eigenvalue weighted by atomic mass is 10.1. The van der Waals surface area contributed by atoms with Gasteiger partial charge in [0.05, 0.1) is 6.61 Å². The van der Waals surface area contributed by atoms with Crippen molar-refractivity contribution < 1.29 is 28.5 Å². The second-order valence-electron chi connectivity index (χ2n) is 8.26. The topological polar surface area (TPSA) is 69.2 Å². The minimum Gasteiger partial charge on any atom is -0.383 e. The largest absolute Gasteiger partial charge is 0.383 e. The lowest BCUT2D eigenvalue weighted by Gasteiger charge is -2.29. The highest BCUT2D eigenvalue weighted by molar-refractivity contribution is 5.98. The van der Waals surface area contributed by atoms with E-state index in [1.807, 2.05) is 19.9 Å². The molecule has 0 radical (unpaired) electrons. The highest BCUT2D eigenvalue weighted by atomic mass is 19.1.